The van der Waals surface area contributed by atoms with Crippen molar-refractivity contribution in [2.75, 3.05) is 26.2 Å². The fourth-order valence-corrected chi connectivity index (χ4v) is 2.65. The predicted molar refractivity (Wildman–Crippen MR) is 91.5 cm³/mol. The van der Waals surface area contributed by atoms with Crippen LogP contribution in [0.2, 0.25) is 0 Å². The van der Waals surface area contributed by atoms with Gasteiger partial charge in [0.25, 0.3) is 5.91 Å². The SMILES string of the molecule is C[C@@H]1CN(C(=O)CNC(=O)c2ccc(C(C)(C)C)cc2)CCN1. The summed E-state index contributed by atoms with van der Waals surface area (Å²) < 4.78 is 0. The number of carbonyl (C=O) groups is 2. The van der Waals surface area contributed by atoms with Crippen LogP contribution in [0.4, 0.5) is 0 Å². The summed E-state index contributed by atoms with van der Waals surface area (Å²) in [5, 5.41) is 6.01. The highest BCUT2D eigenvalue weighted by Crippen LogP contribution is 2.22. The van der Waals surface area contributed by atoms with Crippen LogP contribution in [-0.2, 0) is 10.2 Å². The topological polar surface area (TPSA) is 61.4 Å². The predicted octanol–water partition coefficient (Wildman–Crippen LogP) is 1.53. The van der Waals surface area contributed by atoms with E-state index in [4.69, 9.17) is 0 Å². The van der Waals surface area contributed by atoms with Crippen molar-refractivity contribution >= 4 is 11.8 Å². The van der Waals surface area contributed by atoms with E-state index in [1.165, 1.54) is 5.56 Å². The highest BCUT2D eigenvalue weighted by Gasteiger charge is 2.21. The molecule has 0 aliphatic carbocycles. The second-order valence-electron chi connectivity index (χ2n) is 7.20. The molecule has 0 saturated carbocycles. The van der Waals surface area contributed by atoms with Gasteiger partial charge in [-0.15, -0.1) is 0 Å². The lowest BCUT2D eigenvalue weighted by Gasteiger charge is -2.31. The van der Waals surface area contributed by atoms with Crippen molar-refractivity contribution in [1.82, 2.24) is 15.5 Å². The highest BCUT2D eigenvalue weighted by molar-refractivity contribution is 5.96. The minimum atomic E-state index is -0.206. The molecule has 126 valence electrons. The van der Waals surface area contributed by atoms with E-state index in [0.29, 0.717) is 24.7 Å². The van der Waals surface area contributed by atoms with Crippen molar-refractivity contribution in [3.05, 3.63) is 35.4 Å². The Kier molecular flexibility index (Phi) is 5.42. The third-order valence-electron chi connectivity index (χ3n) is 4.13. The smallest absolute Gasteiger partial charge is 0.251 e. The number of rotatable bonds is 3. The van der Waals surface area contributed by atoms with Gasteiger partial charge < -0.3 is 15.5 Å². The Morgan fingerprint density at radius 2 is 1.91 bits per heavy atom. The van der Waals surface area contributed by atoms with E-state index in [2.05, 4.69) is 38.3 Å². The zero-order valence-electron chi connectivity index (χ0n) is 14.5. The number of piperazine rings is 1. The molecule has 1 atom stereocenters. The van der Waals surface area contributed by atoms with Crippen molar-refractivity contribution in [2.24, 2.45) is 0 Å². The van der Waals surface area contributed by atoms with Gasteiger partial charge in [-0.3, -0.25) is 9.59 Å². The molecule has 2 N–H and O–H groups in total. The number of hydrogen-bond donors (Lipinski definition) is 2. The van der Waals surface area contributed by atoms with E-state index in [0.717, 1.165) is 6.54 Å². The standard InChI is InChI=1S/C18H27N3O2/c1-13-12-21(10-9-19-13)16(22)11-20-17(23)14-5-7-15(8-6-14)18(2,3)4/h5-8,13,19H,9-12H2,1-4H3,(H,20,23)/t13-/m1/s1. The molecular formula is C18H27N3O2. The van der Waals surface area contributed by atoms with Crippen LogP contribution in [0, 0.1) is 0 Å². The molecule has 2 rings (SSSR count). The summed E-state index contributed by atoms with van der Waals surface area (Å²) in [5.74, 6) is -0.236. The largest absolute Gasteiger partial charge is 0.343 e. The zero-order chi connectivity index (χ0) is 17.0. The Bertz CT molecular complexity index is 561. The molecule has 0 unspecified atom stereocenters. The molecule has 0 aromatic heterocycles. The molecule has 2 amide bonds. The van der Waals surface area contributed by atoms with Crippen molar-refractivity contribution < 1.29 is 9.59 Å². The summed E-state index contributed by atoms with van der Waals surface area (Å²) in [7, 11) is 0. The van der Waals surface area contributed by atoms with Gasteiger partial charge in [-0.05, 0) is 30.0 Å². The quantitative estimate of drug-likeness (QED) is 0.889. The maximum Gasteiger partial charge on any atom is 0.251 e. The van der Waals surface area contributed by atoms with Crippen LogP contribution in [0.15, 0.2) is 24.3 Å². The van der Waals surface area contributed by atoms with Gasteiger partial charge in [0.05, 0.1) is 6.54 Å². The van der Waals surface area contributed by atoms with Crippen molar-refractivity contribution in [3.63, 3.8) is 0 Å². The molecular weight excluding hydrogens is 290 g/mol. The molecule has 1 heterocycles. The van der Waals surface area contributed by atoms with Crippen LogP contribution in [0.25, 0.3) is 0 Å². The average molecular weight is 317 g/mol. The molecule has 1 aromatic carbocycles. The molecule has 5 nitrogen and oxygen atoms in total. The van der Waals surface area contributed by atoms with Gasteiger partial charge in [0.1, 0.15) is 0 Å². The van der Waals surface area contributed by atoms with Crippen LogP contribution in [0.5, 0.6) is 0 Å². The molecule has 1 aliphatic rings. The van der Waals surface area contributed by atoms with Crippen LogP contribution < -0.4 is 10.6 Å². The number of nitrogens with one attached hydrogen (secondary N) is 2. The molecule has 1 aromatic rings. The summed E-state index contributed by atoms with van der Waals surface area (Å²) in [6.45, 7) is 10.7. The molecule has 0 spiro atoms. The fourth-order valence-electron chi connectivity index (χ4n) is 2.65. The highest BCUT2D eigenvalue weighted by atomic mass is 16.2. The maximum absolute atomic E-state index is 12.2. The Hall–Kier alpha value is -1.88. The van der Waals surface area contributed by atoms with Gasteiger partial charge in [0.15, 0.2) is 0 Å². The fraction of sp³-hybridized carbons (Fsp3) is 0.556. The van der Waals surface area contributed by atoms with Gasteiger partial charge in [0.2, 0.25) is 5.91 Å². The molecule has 1 saturated heterocycles. The first kappa shape index (κ1) is 17.5. The summed E-state index contributed by atoms with van der Waals surface area (Å²) >= 11 is 0. The number of nitrogens with zero attached hydrogens (tertiary/aromatic N) is 1. The summed E-state index contributed by atoms with van der Waals surface area (Å²) in [6, 6.07) is 7.86. The first-order valence-electron chi connectivity index (χ1n) is 8.17. The zero-order valence-corrected chi connectivity index (χ0v) is 14.5. The molecule has 1 aliphatic heterocycles. The summed E-state index contributed by atoms with van der Waals surface area (Å²) in [6.07, 6.45) is 0. The van der Waals surface area contributed by atoms with E-state index in [9.17, 15) is 9.59 Å². The molecule has 23 heavy (non-hydrogen) atoms. The molecule has 1 fully saturated rings. The van der Waals surface area contributed by atoms with Crippen LogP contribution in [-0.4, -0.2) is 48.9 Å². The van der Waals surface area contributed by atoms with Gasteiger partial charge in [-0.1, -0.05) is 32.9 Å². The van der Waals surface area contributed by atoms with Crippen molar-refractivity contribution in [1.29, 1.82) is 0 Å². The summed E-state index contributed by atoms with van der Waals surface area (Å²) in [4.78, 5) is 26.1. The lowest BCUT2D eigenvalue weighted by atomic mass is 9.87. The van der Waals surface area contributed by atoms with Gasteiger partial charge in [-0.25, -0.2) is 0 Å². The van der Waals surface area contributed by atoms with Crippen LogP contribution >= 0.6 is 0 Å². The third-order valence-corrected chi connectivity index (χ3v) is 4.13. The Labute approximate surface area is 138 Å². The summed E-state index contributed by atoms with van der Waals surface area (Å²) in [5.41, 5.74) is 1.82. The number of amides is 2. The van der Waals surface area contributed by atoms with Gasteiger partial charge >= 0.3 is 0 Å². The van der Waals surface area contributed by atoms with Crippen LogP contribution in [0.1, 0.15) is 43.6 Å². The van der Waals surface area contributed by atoms with Crippen LogP contribution in [0.3, 0.4) is 0 Å². The van der Waals surface area contributed by atoms with Crippen molar-refractivity contribution in [3.8, 4) is 0 Å². The number of carbonyl (C=O) groups excluding carboxylic acids is 2. The first-order valence-corrected chi connectivity index (χ1v) is 8.17. The number of hydrogen-bond acceptors (Lipinski definition) is 3. The maximum atomic E-state index is 12.2. The lowest BCUT2D eigenvalue weighted by molar-refractivity contribution is -0.131. The molecule has 5 heteroatoms. The van der Waals surface area contributed by atoms with E-state index in [1.807, 2.05) is 24.3 Å². The van der Waals surface area contributed by atoms with Gasteiger partial charge in [-0.2, -0.15) is 0 Å². The monoisotopic (exact) mass is 317 g/mol. The minimum Gasteiger partial charge on any atom is -0.343 e. The van der Waals surface area contributed by atoms with E-state index >= 15 is 0 Å². The lowest BCUT2D eigenvalue weighted by Crippen LogP contribution is -2.53. The Morgan fingerprint density at radius 1 is 1.26 bits per heavy atom. The number of benzene rings is 1. The average Bonchev–Trinajstić information content (AvgIpc) is 2.51. The Morgan fingerprint density at radius 3 is 2.48 bits per heavy atom. The second kappa shape index (κ2) is 7.13. The molecule has 0 radical (unpaired) electrons. The molecule has 0 bridgehead atoms. The second-order valence-corrected chi connectivity index (χ2v) is 7.20. The van der Waals surface area contributed by atoms with E-state index in [-0.39, 0.29) is 23.8 Å². The van der Waals surface area contributed by atoms with E-state index in [1.54, 1.807) is 4.90 Å². The first-order chi connectivity index (χ1) is 10.8. The minimum absolute atomic E-state index is 0.0296. The normalized spacial score (nSPS) is 18.6. The third kappa shape index (κ3) is 4.79. The van der Waals surface area contributed by atoms with E-state index < -0.39 is 0 Å². The Balaban J connectivity index is 1.88. The van der Waals surface area contributed by atoms with Gasteiger partial charge in [0, 0.05) is 31.2 Å². The van der Waals surface area contributed by atoms with Crippen molar-refractivity contribution in [2.45, 2.75) is 39.2 Å².